The number of hydrogen-bond acceptors (Lipinski definition) is 3. The van der Waals surface area contributed by atoms with Crippen LogP contribution in [0.25, 0.3) is 0 Å². The topological polar surface area (TPSA) is 42.4 Å². The maximum Gasteiger partial charge on any atom is 0.411 e. The average Bonchev–Trinajstić information content (AvgIpc) is 2.28. The van der Waals surface area contributed by atoms with Crippen molar-refractivity contribution in [3.63, 3.8) is 0 Å². The molecule has 0 aliphatic heterocycles. The molecule has 0 aliphatic rings. The molecule has 1 aromatic heterocycles. The molecule has 0 fully saturated rings. The molecule has 0 amide bonds. The number of aromatic nitrogens is 1. The van der Waals surface area contributed by atoms with Gasteiger partial charge in [0.15, 0.2) is 0 Å². The standard InChI is InChI=1S/C11H14F3NO2/c12-11(13,14)8-17-7-1-2-10(16)9-3-5-15-6-4-9/h3-6,10,16H,1-2,7-8H2. The van der Waals surface area contributed by atoms with Gasteiger partial charge in [-0.1, -0.05) is 0 Å². The minimum absolute atomic E-state index is 0.0122. The van der Waals surface area contributed by atoms with Crippen LogP contribution in [-0.4, -0.2) is 29.5 Å². The summed E-state index contributed by atoms with van der Waals surface area (Å²) in [6.45, 7) is -1.25. The Morgan fingerprint density at radius 2 is 1.94 bits per heavy atom. The average molecular weight is 249 g/mol. The Labute approximate surface area is 97.2 Å². The zero-order valence-electron chi connectivity index (χ0n) is 9.15. The van der Waals surface area contributed by atoms with Crippen molar-refractivity contribution in [2.75, 3.05) is 13.2 Å². The van der Waals surface area contributed by atoms with Crippen LogP contribution in [0.2, 0.25) is 0 Å². The Morgan fingerprint density at radius 3 is 2.53 bits per heavy atom. The molecular formula is C11H14F3NO2. The highest BCUT2D eigenvalue weighted by Crippen LogP contribution is 2.18. The summed E-state index contributed by atoms with van der Waals surface area (Å²) < 4.78 is 39.6. The van der Waals surface area contributed by atoms with Crippen molar-refractivity contribution >= 4 is 0 Å². The largest absolute Gasteiger partial charge is 0.411 e. The lowest BCUT2D eigenvalue weighted by Crippen LogP contribution is -2.17. The molecule has 1 N–H and O–H groups in total. The Morgan fingerprint density at radius 1 is 1.29 bits per heavy atom. The normalized spacial score (nSPS) is 13.6. The van der Waals surface area contributed by atoms with E-state index in [0.717, 1.165) is 0 Å². The Bertz CT molecular complexity index is 316. The van der Waals surface area contributed by atoms with Gasteiger partial charge in [-0.25, -0.2) is 0 Å². The van der Waals surface area contributed by atoms with Gasteiger partial charge in [0, 0.05) is 19.0 Å². The summed E-state index contributed by atoms with van der Waals surface area (Å²) in [5.41, 5.74) is 0.704. The van der Waals surface area contributed by atoms with Gasteiger partial charge in [0.2, 0.25) is 0 Å². The third-order valence-electron chi connectivity index (χ3n) is 2.12. The lowest BCUT2D eigenvalue weighted by Gasteiger charge is -2.11. The van der Waals surface area contributed by atoms with Crippen LogP contribution in [0.4, 0.5) is 13.2 Å². The van der Waals surface area contributed by atoms with Crippen LogP contribution < -0.4 is 0 Å². The van der Waals surface area contributed by atoms with Gasteiger partial charge in [0.1, 0.15) is 6.61 Å². The van der Waals surface area contributed by atoms with Gasteiger partial charge in [0.25, 0.3) is 0 Å². The zero-order chi connectivity index (χ0) is 12.7. The fraction of sp³-hybridized carbons (Fsp3) is 0.545. The van der Waals surface area contributed by atoms with E-state index in [0.29, 0.717) is 18.4 Å². The van der Waals surface area contributed by atoms with Gasteiger partial charge in [-0.3, -0.25) is 4.98 Å². The lowest BCUT2D eigenvalue weighted by atomic mass is 10.1. The minimum Gasteiger partial charge on any atom is -0.388 e. The van der Waals surface area contributed by atoms with Crippen molar-refractivity contribution in [3.8, 4) is 0 Å². The first-order valence-electron chi connectivity index (χ1n) is 5.21. The minimum atomic E-state index is -4.29. The number of alkyl halides is 3. The molecule has 0 bridgehead atoms. The van der Waals surface area contributed by atoms with Crippen LogP contribution in [0.5, 0.6) is 0 Å². The molecule has 0 saturated carbocycles. The summed E-state index contributed by atoms with van der Waals surface area (Å²) in [6, 6.07) is 3.34. The number of hydrogen-bond donors (Lipinski definition) is 1. The molecule has 0 spiro atoms. The number of ether oxygens (including phenoxy) is 1. The zero-order valence-corrected chi connectivity index (χ0v) is 9.15. The first kappa shape index (κ1) is 13.9. The van der Waals surface area contributed by atoms with E-state index in [-0.39, 0.29) is 6.61 Å². The van der Waals surface area contributed by atoms with Crippen molar-refractivity contribution < 1.29 is 23.0 Å². The van der Waals surface area contributed by atoms with Gasteiger partial charge >= 0.3 is 6.18 Å². The number of rotatable bonds is 6. The molecular weight excluding hydrogens is 235 g/mol. The van der Waals surface area contributed by atoms with E-state index in [4.69, 9.17) is 0 Å². The molecule has 17 heavy (non-hydrogen) atoms. The maximum absolute atomic E-state index is 11.7. The van der Waals surface area contributed by atoms with E-state index in [9.17, 15) is 18.3 Å². The third-order valence-corrected chi connectivity index (χ3v) is 2.12. The Kier molecular flexibility index (Phi) is 5.37. The number of pyridine rings is 1. The van der Waals surface area contributed by atoms with Crippen molar-refractivity contribution in [1.82, 2.24) is 4.98 Å². The molecule has 0 radical (unpaired) electrons. The third kappa shape index (κ3) is 6.23. The molecule has 6 heteroatoms. The van der Waals surface area contributed by atoms with Gasteiger partial charge in [0.05, 0.1) is 6.10 Å². The lowest BCUT2D eigenvalue weighted by molar-refractivity contribution is -0.174. The highest BCUT2D eigenvalue weighted by atomic mass is 19.4. The van der Waals surface area contributed by atoms with Gasteiger partial charge < -0.3 is 9.84 Å². The van der Waals surface area contributed by atoms with E-state index < -0.39 is 18.9 Å². The highest BCUT2D eigenvalue weighted by Gasteiger charge is 2.27. The molecule has 1 rings (SSSR count). The molecule has 0 saturated heterocycles. The van der Waals surface area contributed by atoms with Crippen LogP contribution in [0.3, 0.4) is 0 Å². The van der Waals surface area contributed by atoms with E-state index in [2.05, 4.69) is 9.72 Å². The molecule has 3 nitrogen and oxygen atoms in total. The van der Waals surface area contributed by atoms with Crippen LogP contribution >= 0.6 is 0 Å². The van der Waals surface area contributed by atoms with Crippen molar-refractivity contribution in [2.24, 2.45) is 0 Å². The summed E-state index contributed by atoms with van der Waals surface area (Å²) in [4.78, 5) is 3.80. The molecule has 1 heterocycles. The van der Waals surface area contributed by atoms with Gasteiger partial charge in [-0.15, -0.1) is 0 Å². The predicted molar refractivity (Wildman–Crippen MR) is 55.3 cm³/mol. The molecule has 96 valence electrons. The van der Waals surface area contributed by atoms with E-state index in [1.807, 2.05) is 0 Å². The molecule has 0 aliphatic carbocycles. The molecule has 1 atom stereocenters. The smallest absolute Gasteiger partial charge is 0.388 e. The van der Waals surface area contributed by atoms with Gasteiger partial charge in [-0.2, -0.15) is 13.2 Å². The van der Waals surface area contributed by atoms with Crippen molar-refractivity contribution in [2.45, 2.75) is 25.1 Å². The molecule has 1 aromatic rings. The van der Waals surface area contributed by atoms with Crippen molar-refractivity contribution in [3.05, 3.63) is 30.1 Å². The van der Waals surface area contributed by atoms with Crippen LogP contribution in [0, 0.1) is 0 Å². The second kappa shape index (κ2) is 6.56. The second-order valence-electron chi connectivity index (χ2n) is 3.61. The van der Waals surface area contributed by atoms with Gasteiger partial charge in [-0.05, 0) is 30.5 Å². The first-order valence-corrected chi connectivity index (χ1v) is 5.21. The van der Waals surface area contributed by atoms with E-state index in [1.165, 1.54) is 0 Å². The van der Waals surface area contributed by atoms with E-state index in [1.54, 1.807) is 24.5 Å². The van der Waals surface area contributed by atoms with Crippen LogP contribution in [-0.2, 0) is 4.74 Å². The highest BCUT2D eigenvalue weighted by molar-refractivity contribution is 5.12. The number of halogens is 3. The van der Waals surface area contributed by atoms with Crippen molar-refractivity contribution in [1.29, 1.82) is 0 Å². The summed E-state index contributed by atoms with van der Waals surface area (Å²) in [5.74, 6) is 0. The summed E-state index contributed by atoms with van der Waals surface area (Å²) in [5, 5.41) is 9.67. The monoisotopic (exact) mass is 249 g/mol. The fourth-order valence-electron chi connectivity index (χ4n) is 1.32. The SMILES string of the molecule is OC(CCCOCC(F)(F)F)c1ccncc1. The number of aliphatic hydroxyl groups excluding tert-OH is 1. The van der Waals surface area contributed by atoms with E-state index >= 15 is 0 Å². The summed E-state index contributed by atoms with van der Waals surface area (Å²) in [7, 11) is 0. The van der Waals surface area contributed by atoms with Crippen LogP contribution in [0.1, 0.15) is 24.5 Å². The Hall–Kier alpha value is -1.14. The number of aliphatic hydroxyl groups is 1. The summed E-state index contributed by atoms with van der Waals surface area (Å²) in [6.07, 6.45) is -1.13. The maximum atomic E-state index is 11.7. The van der Waals surface area contributed by atoms with Crippen LogP contribution in [0.15, 0.2) is 24.5 Å². The fourth-order valence-corrected chi connectivity index (χ4v) is 1.32. The molecule has 1 unspecified atom stereocenters. The quantitative estimate of drug-likeness (QED) is 0.787. The molecule has 0 aromatic carbocycles. The second-order valence-corrected chi connectivity index (χ2v) is 3.61. The Balaban J connectivity index is 2.15. The first-order chi connectivity index (χ1) is 7.99. The predicted octanol–water partition coefficient (Wildman–Crippen LogP) is 2.47. The summed E-state index contributed by atoms with van der Waals surface area (Å²) >= 11 is 0. The number of nitrogens with zero attached hydrogens (tertiary/aromatic N) is 1.